The van der Waals surface area contributed by atoms with Gasteiger partial charge in [-0.05, 0) is 37.5 Å². The van der Waals surface area contributed by atoms with Crippen LogP contribution in [0.25, 0.3) is 11.5 Å². The van der Waals surface area contributed by atoms with Crippen LogP contribution in [0, 0.1) is 0 Å². The molecular formula is C20H32IN5O. The lowest BCUT2D eigenvalue weighted by molar-refractivity contribution is 0.423. The third kappa shape index (κ3) is 7.48. The van der Waals surface area contributed by atoms with Crippen LogP contribution in [0.5, 0.6) is 0 Å². The van der Waals surface area contributed by atoms with Crippen LogP contribution < -0.4 is 5.32 Å². The van der Waals surface area contributed by atoms with Crippen LogP contribution in [0.3, 0.4) is 0 Å². The molecule has 0 unspecified atom stereocenters. The molecule has 0 fully saturated rings. The molecule has 2 rings (SSSR count). The Bertz CT molecular complexity index is 684. The second kappa shape index (κ2) is 12.7. The number of aryl methyl sites for hydroxylation is 1. The standard InChI is InChI=1S/C20H31N5O.HI/c1-5-8-15-25(4)20(21-7-3)22-14-13-16-9-11-17(12-10-16)19-23-18(6-2)24-26-19;/h9-12H,5-8,13-15H2,1-4H3,(H,21,22);1H. The molecule has 0 spiro atoms. The number of nitrogens with zero attached hydrogens (tertiary/aromatic N) is 4. The van der Waals surface area contributed by atoms with Crippen molar-refractivity contribution >= 4 is 29.9 Å². The van der Waals surface area contributed by atoms with E-state index < -0.39 is 0 Å². The number of benzene rings is 1. The van der Waals surface area contributed by atoms with E-state index in [4.69, 9.17) is 9.52 Å². The summed E-state index contributed by atoms with van der Waals surface area (Å²) in [7, 11) is 2.10. The van der Waals surface area contributed by atoms with E-state index in [-0.39, 0.29) is 24.0 Å². The van der Waals surface area contributed by atoms with Crippen molar-refractivity contribution in [1.82, 2.24) is 20.4 Å². The topological polar surface area (TPSA) is 66.5 Å². The summed E-state index contributed by atoms with van der Waals surface area (Å²) in [5.74, 6) is 2.30. The van der Waals surface area contributed by atoms with Crippen molar-refractivity contribution in [2.45, 2.75) is 46.5 Å². The van der Waals surface area contributed by atoms with Crippen molar-refractivity contribution < 1.29 is 4.52 Å². The summed E-state index contributed by atoms with van der Waals surface area (Å²) >= 11 is 0. The molecule has 27 heavy (non-hydrogen) atoms. The van der Waals surface area contributed by atoms with E-state index in [0.29, 0.717) is 5.89 Å². The van der Waals surface area contributed by atoms with E-state index in [1.54, 1.807) is 0 Å². The van der Waals surface area contributed by atoms with Gasteiger partial charge in [0, 0.05) is 38.7 Å². The van der Waals surface area contributed by atoms with Crippen molar-refractivity contribution in [3.63, 3.8) is 0 Å². The molecule has 0 radical (unpaired) electrons. The highest BCUT2D eigenvalue weighted by Crippen LogP contribution is 2.18. The monoisotopic (exact) mass is 485 g/mol. The average molecular weight is 485 g/mol. The fourth-order valence-corrected chi connectivity index (χ4v) is 2.59. The fraction of sp³-hybridized carbons (Fsp3) is 0.550. The van der Waals surface area contributed by atoms with Crippen LogP contribution in [0.1, 0.15) is 45.0 Å². The maximum atomic E-state index is 5.28. The summed E-state index contributed by atoms with van der Waals surface area (Å²) < 4.78 is 5.28. The van der Waals surface area contributed by atoms with Gasteiger partial charge in [-0.25, -0.2) is 0 Å². The summed E-state index contributed by atoms with van der Waals surface area (Å²) in [6, 6.07) is 8.28. The lowest BCUT2D eigenvalue weighted by Crippen LogP contribution is -2.39. The molecule has 1 aromatic heterocycles. The minimum absolute atomic E-state index is 0. The van der Waals surface area contributed by atoms with Gasteiger partial charge >= 0.3 is 0 Å². The third-order valence-electron chi connectivity index (χ3n) is 4.19. The lowest BCUT2D eigenvalue weighted by Gasteiger charge is -2.21. The molecule has 6 nitrogen and oxygen atoms in total. The Morgan fingerprint density at radius 1 is 1.19 bits per heavy atom. The largest absolute Gasteiger partial charge is 0.357 e. The molecule has 0 amide bonds. The zero-order valence-corrected chi connectivity index (χ0v) is 19.2. The molecule has 0 bridgehead atoms. The summed E-state index contributed by atoms with van der Waals surface area (Å²) in [5.41, 5.74) is 2.21. The van der Waals surface area contributed by atoms with Gasteiger partial charge in [0.25, 0.3) is 5.89 Å². The molecule has 2 aromatic rings. The van der Waals surface area contributed by atoms with Crippen molar-refractivity contribution in [2.24, 2.45) is 4.99 Å². The van der Waals surface area contributed by atoms with Crippen LogP contribution in [0.4, 0.5) is 0 Å². The van der Waals surface area contributed by atoms with Gasteiger partial charge in [0.2, 0.25) is 0 Å². The summed E-state index contributed by atoms with van der Waals surface area (Å²) in [6.07, 6.45) is 4.05. The van der Waals surface area contributed by atoms with Crippen LogP contribution in [0.2, 0.25) is 0 Å². The van der Waals surface area contributed by atoms with Crippen LogP contribution in [-0.4, -0.2) is 47.7 Å². The first kappa shape index (κ1) is 23.4. The minimum Gasteiger partial charge on any atom is -0.357 e. The Labute approximate surface area is 179 Å². The molecule has 0 aliphatic heterocycles. The average Bonchev–Trinajstić information content (AvgIpc) is 3.15. The quantitative estimate of drug-likeness (QED) is 0.328. The minimum atomic E-state index is 0. The number of rotatable bonds is 9. The summed E-state index contributed by atoms with van der Waals surface area (Å²) in [6.45, 7) is 9.00. The van der Waals surface area contributed by atoms with Crippen molar-refractivity contribution in [3.8, 4) is 11.5 Å². The first-order chi connectivity index (χ1) is 12.7. The molecule has 0 saturated heterocycles. The highest BCUT2D eigenvalue weighted by molar-refractivity contribution is 14.0. The Morgan fingerprint density at radius 3 is 2.52 bits per heavy atom. The molecule has 0 saturated carbocycles. The highest BCUT2D eigenvalue weighted by atomic mass is 127. The molecule has 1 N–H and O–H groups in total. The van der Waals surface area contributed by atoms with E-state index in [9.17, 15) is 0 Å². The number of guanidine groups is 1. The SMILES string of the molecule is CCCCN(C)C(=NCCc1ccc(-c2nc(CC)no2)cc1)NCC.I. The molecule has 1 heterocycles. The molecule has 1 aromatic carbocycles. The maximum Gasteiger partial charge on any atom is 0.257 e. The van der Waals surface area contributed by atoms with E-state index in [1.165, 1.54) is 18.4 Å². The van der Waals surface area contributed by atoms with E-state index in [1.807, 2.05) is 19.1 Å². The van der Waals surface area contributed by atoms with Gasteiger partial charge in [0.1, 0.15) is 0 Å². The molecule has 0 aliphatic rings. The number of halogens is 1. The zero-order valence-electron chi connectivity index (χ0n) is 16.9. The molecule has 0 aliphatic carbocycles. The van der Waals surface area contributed by atoms with Crippen LogP contribution >= 0.6 is 24.0 Å². The molecule has 0 atom stereocenters. The van der Waals surface area contributed by atoms with Gasteiger partial charge in [0.15, 0.2) is 11.8 Å². The van der Waals surface area contributed by atoms with Gasteiger partial charge in [-0.2, -0.15) is 4.98 Å². The number of hydrogen-bond acceptors (Lipinski definition) is 4. The Hall–Kier alpha value is -1.64. The first-order valence-corrected chi connectivity index (χ1v) is 9.59. The first-order valence-electron chi connectivity index (χ1n) is 9.59. The van der Waals surface area contributed by atoms with Crippen molar-refractivity contribution in [1.29, 1.82) is 0 Å². The molecule has 7 heteroatoms. The third-order valence-corrected chi connectivity index (χ3v) is 4.19. The Kier molecular flexibility index (Phi) is 11.0. The number of aliphatic imine (C=N–C) groups is 1. The zero-order chi connectivity index (χ0) is 18.8. The van der Waals surface area contributed by atoms with Gasteiger partial charge in [0.05, 0.1) is 0 Å². The smallest absolute Gasteiger partial charge is 0.257 e. The second-order valence-corrected chi connectivity index (χ2v) is 6.33. The number of unbranched alkanes of at least 4 members (excludes halogenated alkanes) is 1. The van der Waals surface area contributed by atoms with Crippen LogP contribution in [0.15, 0.2) is 33.8 Å². The Morgan fingerprint density at radius 2 is 1.93 bits per heavy atom. The van der Waals surface area contributed by atoms with E-state index >= 15 is 0 Å². The van der Waals surface area contributed by atoms with E-state index in [2.05, 4.69) is 53.4 Å². The number of aromatic nitrogens is 2. The number of nitrogens with one attached hydrogen (secondary N) is 1. The molecular weight excluding hydrogens is 453 g/mol. The highest BCUT2D eigenvalue weighted by Gasteiger charge is 2.08. The summed E-state index contributed by atoms with van der Waals surface area (Å²) in [5, 5.41) is 7.31. The Balaban J connectivity index is 0.00000364. The van der Waals surface area contributed by atoms with Gasteiger partial charge in [-0.15, -0.1) is 24.0 Å². The molecule has 150 valence electrons. The van der Waals surface area contributed by atoms with E-state index in [0.717, 1.165) is 49.8 Å². The summed E-state index contributed by atoms with van der Waals surface area (Å²) in [4.78, 5) is 11.3. The normalized spacial score (nSPS) is 11.2. The predicted octanol–water partition coefficient (Wildman–Crippen LogP) is 4.16. The number of hydrogen-bond donors (Lipinski definition) is 1. The van der Waals surface area contributed by atoms with Crippen molar-refractivity contribution in [2.75, 3.05) is 26.7 Å². The van der Waals surface area contributed by atoms with Crippen LogP contribution in [-0.2, 0) is 12.8 Å². The van der Waals surface area contributed by atoms with Gasteiger partial charge in [-0.3, -0.25) is 4.99 Å². The van der Waals surface area contributed by atoms with Gasteiger partial charge < -0.3 is 14.7 Å². The van der Waals surface area contributed by atoms with Gasteiger partial charge in [-0.1, -0.05) is 37.6 Å². The van der Waals surface area contributed by atoms with Crippen molar-refractivity contribution in [3.05, 3.63) is 35.7 Å². The lowest BCUT2D eigenvalue weighted by atomic mass is 10.1. The maximum absolute atomic E-state index is 5.28. The fourth-order valence-electron chi connectivity index (χ4n) is 2.59. The predicted molar refractivity (Wildman–Crippen MR) is 122 cm³/mol. The second-order valence-electron chi connectivity index (χ2n) is 6.33.